The molecule has 1 aromatic carbocycles. The largest absolute Gasteiger partial charge is 0.290 e. The Morgan fingerprint density at radius 3 is 2.55 bits per heavy atom. The van der Waals surface area contributed by atoms with Gasteiger partial charge in [0.25, 0.3) is 5.69 Å². The zero-order chi connectivity index (χ0) is 8.43. The van der Waals surface area contributed by atoms with E-state index in [2.05, 4.69) is 0 Å². The lowest BCUT2D eigenvalue weighted by molar-refractivity contribution is -0.385. The van der Waals surface area contributed by atoms with E-state index in [1.165, 1.54) is 18.2 Å². The summed E-state index contributed by atoms with van der Waals surface area (Å²) < 4.78 is 0. The van der Waals surface area contributed by atoms with Crippen LogP contribution in [0.1, 0.15) is 5.56 Å². The van der Waals surface area contributed by atoms with Gasteiger partial charge < -0.3 is 0 Å². The lowest BCUT2D eigenvalue weighted by atomic mass is 10.2. The fourth-order valence-corrected chi connectivity index (χ4v) is 0.833. The van der Waals surface area contributed by atoms with Crippen molar-refractivity contribution in [3.05, 3.63) is 33.9 Å². The van der Waals surface area contributed by atoms with Gasteiger partial charge in [0.05, 0.1) is 4.92 Å². The molecule has 0 atom stereocenters. The first-order valence-corrected chi connectivity index (χ1v) is 3.03. The molecule has 1 radical (unpaired) electrons. The van der Waals surface area contributed by atoms with E-state index in [4.69, 9.17) is 0 Å². The highest BCUT2D eigenvalue weighted by atomic mass is 16.6. The molecule has 0 saturated heterocycles. The van der Waals surface area contributed by atoms with Gasteiger partial charge in [-0.3, -0.25) is 15.2 Å². The van der Waals surface area contributed by atoms with E-state index in [0.29, 0.717) is 5.56 Å². The molecule has 0 aliphatic carbocycles. The number of benzene rings is 1. The van der Waals surface area contributed by atoms with Gasteiger partial charge in [0, 0.05) is 11.6 Å². The van der Waals surface area contributed by atoms with Crippen molar-refractivity contribution in [2.45, 2.75) is 6.92 Å². The van der Waals surface area contributed by atoms with Crippen LogP contribution >= 0.6 is 0 Å². The van der Waals surface area contributed by atoms with Gasteiger partial charge in [-0.2, -0.15) is 0 Å². The summed E-state index contributed by atoms with van der Waals surface area (Å²) in [6.07, 6.45) is 0. The van der Waals surface area contributed by atoms with Crippen molar-refractivity contribution in [3.8, 4) is 5.75 Å². The molecule has 0 N–H and O–H groups in total. The summed E-state index contributed by atoms with van der Waals surface area (Å²) in [5.74, 6) is -0.201. The number of nitro groups is 1. The number of aryl methyl sites for hydroxylation is 1. The van der Waals surface area contributed by atoms with Gasteiger partial charge in [-0.1, -0.05) is 0 Å². The Morgan fingerprint density at radius 2 is 2.09 bits per heavy atom. The topological polar surface area (TPSA) is 63.0 Å². The molecule has 11 heavy (non-hydrogen) atoms. The van der Waals surface area contributed by atoms with Crippen molar-refractivity contribution in [2.75, 3.05) is 0 Å². The summed E-state index contributed by atoms with van der Waals surface area (Å²) in [5, 5.41) is 20.9. The maximum atomic E-state index is 10.6. The number of nitro benzene ring substituents is 1. The number of nitrogens with zero attached hydrogens (tertiary/aromatic N) is 1. The van der Waals surface area contributed by atoms with E-state index in [1.807, 2.05) is 0 Å². The molecule has 0 heterocycles. The number of hydrogen-bond donors (Lipinski definition) is 0. The van der Waals surface area contributed by atoms with Gasteiger partial charge in [0.15, 0.2) is 5.75 Å². The standard InChI is InChI=1S/C7H6NO3/c1-5-4-6(9)2-3-7(5)8(10)11/h2-4H,1H3. The molecule has 4 nitrogen and oxygen atoms in total. The molecule has 0 unspecified atom stereocenters. The van der Waals surface area contributed by atoms with Gasteiger partial charge in [-0.15, -0.1) is 0 Å². The molecule has 57 valence electrons. The second-order valence-electron chi connectivity index (χ2n) is 2.21. The fraction of sp³-hybridized carbons (Fsp3) is 0.143. The minimum absolute atomic E-state index is 0.00963. The molecule has 0 aromatic heterocycles. The monoisotopic (exact) mass is 152 g/mol. The van der Waals surface area contributed by atoms with Crippen LogP contribution in [0.5, 0.6) is 5.75 Å². The Bertz CT molecular complexity index is 296. The molecule has 1 rings (SSSR count). The number of hydrogen-bond acceptors (Lipinski definition) is 2. The minimum atomic E-state index is -0.505. The molecule has 0 amide bonds. The fourth-order valence-electron chi connectivity index (χ4n) is 0.833. The second kappa shape index (κ2) is 2.57. The first kappa shape index (κ1) is 7.53. The Labute approximate surface area is 63.2 Å². The van der Waals surface area contributed by atoms with Crippen LogP contribution in [0.25, 0.3) is 0 Å². The van der Waals surface area contributed by atoms with Crippen molar-refractivity contribution >= 4 is 5.69 Å². The smallest absolute Gasteiger partial charge is 0.272 e. The summed E-state index contributed by atoms with van der Waals surface area (Å²) in [6.45, 7) is 1.54. The van der Waals surface area contributed by atoms with Crippen molar-refractivity contribution in [3.63, 3.8) is 0 Å². The molecule has 0 aliphatic heterocycles. The summed E-state index contributed by atoms with van der Waals surface area (Å²) in [4.78, 5) is 9.73. The maximum absolute atomic E-state index is 10.6. The third kappa shape index (κ3) is 1.46. The second-order valence-corrected chi connectivity index (χ2v) is 2.21. The Morgan fingerprint density at radius 1 is 1.45 bits per heavy atom. The van der Waals surface area contributed by atoms with Crippen LogP contribution in [0.3, 0.4) is 0 Å². The molecule has 0 aliphatic rings. The predicted molar refractivity (Wildman–Crippen MR) is 38.0 cm³/mol. The maximum Gasteiger partial charge on any atom is 0.272 e. The Kier molecular flexibility index (Phi) is 1.76. The molecular weight excluding hydrogens is 146 g/mol. The molecule has 0 bridgehead atoms. The van der Waals surface area contributed by atoms with Crippen LogP contribution in [-0.2, 0) is 5.11 Å². The molecule has 0 fully saturated rings. The molecule has 4 heteroatoms. The third-order valence-electron chi connectivity index (χ3n) is 1.36. The lowest BCUT2D eigenvalue weighted by Crippen LogP contribution is -1.89. The Balaban J connectivity index is 3.20. The normalized spacial score (nSPS) is 9.55. The van der Waals surface area contributed by atoms with Crippen molar-refractivity contribution in [1.29, 1.82) is 0 Å². The summed E-state index contributed by atoms with van der Waals surface area (Å²) in [5.41, 5.74) is 0.395. The van der Waals surface area contributed by atoms with Gasteiger partial charge in [-0.05, 0) is 19.1 Å². The zero-order valence-electron chi connectivity index (χ0n) is 5.90. The average molecular weight is 152 g/mol. The first-order chi connectivity index (χ1) is 5.11. The SMILES string of the molecule is Cc1cc([O])ccc1[N+](=O)[O-]. The van der Waals surface area contributed by atoms with Crippen molar-refractivity contribution < 1.29 is 10.0 Å². The van der Waals surface area contributed by atoms with E-state index < -0.39 is 4.92 Å². The van der Waals surface area contributed by atoms with E-state index in [1.54, 1.807) is 6.92 Å². The average Bonchev–Trinajstić information content (AvgIpc) is 1.85. The molecule has 0 saturated carbocycles. The Hall–Kier alpha value is -1.58. The van der Waals surface area contributed by atoms with Crippen LogP contribution in [0.2, 0.25) is 0 Å². The summed E-state index contributed by atoms with van der Waals surface area (Å²) in [6, 6.07) is 3.65. The van der Waals surface area contributed by atoms with Crippen LogP contribution in [-0.4, -0.2) is 4.92 Å². The van der Waals surface area contributed by atoms with Gasteiger partial charge in [0.1, 0.15) is 0 Å². The van der Waals surface area contributed by atoms with Gasteiger partial charge >= 0.3 is 0 Å². The van der Waals surface area contributed by atoms with Crippen LogP contribution in [0.4, 0.5) is 5.69 Å². The summed E-state index contributed by atoms with van der Waals surface area (Å²) >= 11 is 0. The highest BCUT2D eigenvalue weighted by Crippen LogP contribution is 2.21. The van der Waals surface area contributed by atoms with E-state index in [9.17, 15) is 15.2 Å². The van der Waals surface area contributed by atoms with Crippen molar-refractivity contribution in [1.82, 2.24) is 0 Å². The first-order valence-electron chi connectivity index (χ1n) is 3.03. The van der Waals surface area contributed by atoms with Gasteiger partial charge in [-0.25, -0.2) is 0 Å². The molecule has 1 aromatic rings. The van der Waals surface area contributed by atoms with E-state index in [-0.39, 0.29) is 11.4 Å². The predicted octanol–water partition coefficient (Wildman–Crippen LogP) is 2.05. The van der Waals surface area contributed by atoms with Crippen molar-refractivity contribution in [2.24, 2.45) is 0 Å². The summed E-state index contributed by atoms with van der Waals surface area (Å²) in [7, 11) is 0. The third-order valence-corrected chi connectivity index (χ3v) is 1.36. The quantitative estimate of drug-likeness (QED) is 0.456. The van der Waals surface area contributed by atoms with E-state index in [0.717, 1.165) is 0 Å². The van der Waals surface area contributed by atoms with Crippen LogP contribution in [0, 0.1) is 17.0 Å². The van der Waals surface area contributed by atoms with Crippen LogP contribution in [0.15, 0.2) is 18.2 Å². The van der Waals surface area contributed by atoms with E-state index >= 15 is 0 Å². The number of rotatable bonds is 1. The highest BCUT2D eigenvalue weighted by molar-refractivity contribution is 5.43. The minimum Gasteiger partial charge on any atom is -0.290 e. The van der Waals surface area contributed by atoms with Crippen LogP contribution < -0.4 is 0 Å². The molecular formula is C7H6NO3. The molecule has 0 spiro atoms. The highest BCUT2D eigenvalue weighted by Gasteiger charge is 2.09. The zero-order valence-corrected chi connectivity index (χ0v) is 5.90. The lowest BCUT2D eigenvalue weighted by Gasteiger charge is -1.94. The van der Waals surface area contributed by atoms with Gasteiger partial charge in [0.2, 0.25) is 0 Å².